The highest BCUT2D eigenvalue weighted by molar-refractivity contribution is 8.18. The molecule has 2 amide bonds. The third kappa shape index (κ3) is 4.69. The summed E-state index contributed by atoms with van der Waals surface area (Å²) in [4.78, 5) is 27.4. The molecule has 0 atom stereocenters. The Hall–Kier alpha value is -3.05. The van der Waals surface area contributed by atoms with E-state index in [4.69, 9.17) is 0 Å². The van der Waals surface area contributed by atoms with E-state index in [1.807, 2.05) is 44.2 Å². The van der Waals surface area contributed by atoms with Crippen LogP contribution in [0.2, 0.25) is 0 Å². The Morgan fingerprint density at radius 1 is 0.939 bits per heavy atom. The summed E-state index contributed by atoms with van der Waals surface area (Å²) >= 11 is 1.01. The number of carbonyl (C=O) groups is 2. The van der Waals surface area contributed by atoms with Crippen molar-refractivity contribution in [3.63, 3.8) is 0 Å². The number of carbonyl (C=O) groups excluding carboxylic acids is 2. The van der Waals surface area contributed by atoms with Gasteiger partial charge in [0.1, 0.15) is 0 Å². The van der Waals surface area contributed by atoms with Crippen molar-refractivity contribution in [2.45, 2.75) is 53.5 Å². The summed E-state index contributed by atoms with van der Waals surface area (Å²) in [5, 5.41) is -0.223. The van der Waals surface area contributed by atoms with E-state index in [0.29, 0.717) is 11.4 Å². The molecular formula is C28H30N2O2S. The van der Waals surface area contributed by atoms with E-state index < -0.39 is 0 Å². The van der Waals surface area contributed by atoms with E-state index in [1.54, 1.807) is 0 Å². The second kappa shape index (κ2) is 8.71. The molecule has 1 aromatic heterocycles. The van der Waals surface area contributed by atoms with Gasteiger partial charge in [0, 0.05) is 17.1 Å². The molecule has 2 aromatic carbocycles. The fourth-order valence-corrected chi connectivity index (χ4v) is 5.04. The van der Waals surface area contributed by atoms with Gasteiger partial charge in [0.15, 0.2) is 0 Å². The largest absolute Gasteiger partial charge is 0.318 e. The second-order valence-electron chi connectivity index (χ2n) is 9.72. The Kier molecular flexibility index (Phi) is 6.10. The molecule has 3 aromatic rings. The molecule has 0 saturated carbocycles. The monoisotopic (exact) mass is 458 g/mol. The van der Waals surface area contributed by atoms with E-state index in [-0.39, 0.29) is 16.6 Å². The van der Waals surface area contributed by atoms with E-state index in [1.165, 1.54) is 10.5 Å². The molecule has 0 N–H and O–H groups in total. The van der Waals surface area contributed by atoms with Gasteiger partial charge in [-0.3, -0.25) is 14.5 Å². The Balaban J connectivity index is 1.61. The zero-order valence-corrected chi connectivity index (χ0v) is 20.9. The quantitative estimate of drug-likeness (QED) is 0.398. The van der Waals surface area contributed by atoms with Crippen LogP contribution >= 0.6 is 11.8 Å². The number of thioether (sulfide) groups is 1. The molecule has 1 fully saturated rings. The highest BCUT2D eigenvalue weighted by atomic mass is 32.2. The molecule has 4 rings (SSSR count). The molecule has 0 unspecified atom stereocenters. The normalized spacial score (nSPS) is 15.7. The van der Waals surface area contributed by atoms with Crippen molar-refractivity contribution in [1.29, 1.82) is 0 Å². The van der Waals surface area contributed by atoms with Gasteiger partial charge in [0.05, 0.1) is 11.4 Å². The maximum atomic E-state index is 13.0. The van der Waals surface area contributed by atoms with E-state index in [2.05, 4.69) is 62.6 Å². The lowest BCUT2D eigenvalue weighted by Crippen LogP contribution is -2.27. The average molecular weight is 459 g/mol. The molecule has 1 saturated heterocycles. The molecule has 1 aliphatic heterocycles. The molecule has 0 aliphatic carbocycles. The smallest absolute Gasteiger partial charge is 0.293 e. The van der Waals surface area contributed by atoms with Crippen LogP contribution in [0, 0.1) is 20.8 Å². The number of hydrogen-bond donors (Lipinski definition) is 0. The summed E-state index contributed by atoms with van der Waals surface area (Å²) in [6.07, 6.45) is 1.85. The van der Waals surface area contributed by atoms with Crippen LogP contribution in [0.25, 0.3) is 11.8 Å². The van der Waals surface area contributed by atoms with Gasteiger partial charge < -0.3 is 4.57 Å². The Morgan fingerprint density at radius 2 is 1.64 bits per heavy atom. The molecular weight excluding hydrogens is 428 g/mol. The lowest BCUT2D eigenvalue weighted by atomic mass is 9.87. The SMILES string of the molecule is Cc1cccc(CN2C(=O)S/C(=C\c3cc(C)n(-c4ccc(C(C)(C)C)cc4)c3C)C2=O)c1. The van der Waals surface area contributed by atoms with Crippen molar-refractivity contribution in [1.82, 2.24) is 9.47 Å². The van der Waals surface area contributed by atoms with Crippen molar-refractivity contribution >= 4 is 29.0 Å². The molecule has 33 heavy (non-hydrogen) atoms. The molecule has 0 radical (unpaired) electrons. The maximum absolute atomic E-state index is 13.0. The lowest BCUT2D eigenvalue weighted by molar-refractivity contribution is -0.123. The Bertz CT molecular complexity index is 1260. The van der Waals surface area contributed by atoms with Gasteiger partial charge in [0.25, 0.3) is 11.1 Å². The summed E-state index contributed by atoms with van der Waals surface area (Å²) in [6.45, 7) is 13.0. The zero-order chi connectivity index (χ0) is 23.9. The maximum Gasteiger partial charge on any atom is 0.293 e. The topological polar surface area (TPSA) is 42.3 Å². The third-order valence-electron chi connectivity index (χ3n) is 6.05. The summed E-state index contributed by atoms with van der Waals surface area (Å²) in [5.41, 5.74) is 7.62. The van der Waals surface area contributed by atoms with Gasteiger partial charge in [-0.15, -0.1) is 0 Å². The molecule has 0 spiro atoms. The molecule has 5 heteroatoms. The van der Waals surface area contributed by atoms with E-state index in [9.17, 15) is 9.59 Å². The predicted octanol–water partition coefficient (Wildman–Crippen LogP) is 6.94. The van der Waals surface area contributed by atoms with Crippen LogP contribution in [-0.4, -0.2) is 20.6 Å². The highest BCUT2D eigenvalue weighted by Crippen LogP contribution is 2.35. The standard InChI is InChI=1S/C28H30N2O2S/c1-18-8-7-9-21(14-18)17-29-26(31)25(33-27(29)32)16-22-15-19(2)30(20(22)3)24-12-10-23(11-13-24)28(4,5)6/h7-16H,17H2,1-6H3/b25-16-. The van der Waals surface area contributed by atoms with Gasteiger partial charge >= 0.3 is 0 Å². The summed E-state index contributed by atoms with van der Waals surface area (Å²) < 4.78 is 2.19. The molecule has 2 heterocycles. The molecule has 1 aliphatic rings. The fourth-order valence-electron chi connectivity index (χ4n) is 4.21. The van der Waals surface area contributed by atoms with Crippen molar-refractivity contribution in [2.75, 3.05) is 0 Å². The molecule has 170 valence electrons. The van der Waals surface area contributed by atoms with Crippen molar-refractivity contribution in [3.8, 4) is 5.69 Å². The minimum Gasteiger partial charge on any atom is -0.318 e. The second-order valence-corrected chi connectivity index (χ2v) is 10.7. The molecule has 4 nitrogen and oxygen atoms in total. The minimum absolute atomic E-state index is 0.103. The zero-order valence-electron chi connectivity index (χ0n) is 20.1. The van der Waals surface area contributed by atoms with Crippen molar-refractivity contribution in [3.05, 3.63) is 93.1 Å². The van der Waals surface area contributed by atoms with Gasteiger partial charge in [-0.25, -0.2) is 0 Å². The van der Waals surface area contributed by atoms with Crippen molar-refractivity contribution < 1.29 is 9.59 Å². The third-order valence-corrected chi connectivity index (χ3v) is 6.95. The van der Waals surface area contributed by atoms with Crippen LogP contribution in [0.5, 0.6) is 0 Å². The first-order valence-corrected chi connectivity index (χ1v) is 12.0. The summed E-state index contributed by atoms with van der Waals surface area (Å²) in [6, 6.07) is 18.6. The van der Waals surface area contributed by atoms with Crippen molar-refractivity contribution in [2.24, 2.45) is 0 Å². The number of aromatic nitrogens is 1. The van der Waals surface area contributed by atoms with Crippen LogP contribution in [0.4, 0.5) is 4.79 Å². The number of imide groups is 1. The number of nitrogens with zero attached hydrogens (tertiary/aromatic N) is 2. The Labute approximate surface area is 200 Å². The van der Waals surface area contributed by atoms with E-state index >= 15 is 0 Å². The minimum atomic E-state index is -0.231. The molecule has 0 bridgehead atoms. The number of amides is 2. The highest BCUT2D eigenvalue weighted by Gasteiger charge is 2.35. The lowest BCUT2D eigenvalue weighted by Gasteiger charge is -2.20. The van der Waals surface area contributed by atoms with Gasteiger partial charge in [-0.2, -0.15) is 0 Å². The number of rotatable bonds is 4. The number of aryl methyl sites for hydroxylation is 2. The first-order chi connectivity index (χ1) is 15.5. The van der Waals surface area contributed by atoms with Crippen LogP contribution in [-0.2, 0) is 16.8 Å². The average Bonchev–Trinajstić information content (AvgIpc) is 3.17. The van der Waals surface area contributed by atoms with Gasteiger partial charge in [-0.1, -0.05) is 62.7 Å². The summed E-state index contributed by atoms with van der Waals surface area (Å²) in [7, 11) is 0. The van der Waals surface area contributed by atoms with Crippen LogP contribution in [0.15, 0.2) is 59.5 Å². The number of benzene rings is 2. The van der Waals surface area contributed by atoms with Gasteiger partial charge in [0.2, 0.25) is 0 Å². The fraction of sp³-hybridized carbons (Fsp3) is 0.286. The van der Waals surface area contributed by atoms with Gasteiger partial charge in [-0.05, 0) is 78.9 Å². The van der Waals surface area contributed by atoms with Crippen LogP contribution < -0.4 is 0 Å². The van der Waals surface area contributed by atoms with Crippen LogP contribution in [0.3, 0.4) is 0 Å². The summed E-state index contributed by atoms with van der Waals surface area (Å²) in [5.74, 6) is -0.231. The van der Waals surface area contributed by atoms with Crippen LogP contribution in [0.1, 0.15) is 54.4 Å². The first kappa shape index (κ1) is 23.1. The first-order valence-electron chi connectivity index (χ1n) is 11.2. The Morgan fingerprint density at radius 3 is 2.27 bits per heavy atom. The van der Waals surface area contributed by atoms with E-state index in [0.717, 1.165) is 45.5 Å². The predicted molar refractivity (Wildman–Crippen MR) is 137 cm³/mol. The number of hydrogen-bond acceptors (Lipinski definition) is 3.